The first-order valence-electron chi connectivity index (χ1n) is 8.56. The molecule has 2 aliphatic heterocycles. The largest absolute Gasteiger partial charge is 0.321 e. The Bertz CT molecular complexity index is 356. The molecule has 3 unspecified atom stereocenters. The van der Waals surface area contributed by atoms with E-state index in [4.69, 9.17) is 0 Å². The zero-order valence-electron chi connectivity index (χ0n) is 13.0. The van der Waals surface area contributed by atoms with Crippen molar-refractivity contribution >= 4 is 5.91 Å². The monoisotopic (exact) mass is 279 g/mol. The fourth-order valence-corrected chi connectivity index (χ4v) is 3.85. The molecule has 1 amide bonds. The third kappa shape index (κ3) is 2.73. The van der Waals surface area contributed by atoms with Crippen molar-refractivity contribution in [1.82, 2.24) is 15.1 Å². The van der Waals surface area contributed by atoms with Gasteiger partial charge in [-0.2, -0.15) is 0 Å². The molecule has 1 N–H and O–H groups in total. The van der Waals surface area contributed by atoms with Crippen LogP contribution in [0.5, 0.6) is 0 Å². The van der Waals surface area contributed by atoms with Crippen LogP contribution in [0.1, 0.15) is 58.8 Å². The van der Waals surface area contributed by atoms with Gasteiger partial charge in [0.25, 0.3) is 0 Å². The molecule has 3 atom stereocenters. The molecule has 20 heavy (non-hydrogen) atoms. The van der Waals surface area contributed by atoms with Gasteiger partial charge in [-0.1, -0.05) is 26.7 Å². The van der Waals surface area contributed by atoms with Crippen LogP contribution in [0.3, 0.4) is 0 Å². The predicted octanol–water partition coefficient (Wildman–Crippen LogP) is 1.95. The minimum atomic E-state index is 0.0786. The SMILES string of the molecule is CCCCC1NC(CC)N(C2CCN(C3CC3)C2)C1=O. The van der Waals surface area contributed by atoms with Crippen LogP contribution in [-0.2, 0) is 4.79 Å². The fourth-order valence-electron chi connectivity index (χ4n) is 3.85. The van der Waals surface area contributed by atoms with Crippen molar-refractivity contribution in [2.45, 2.75) is 83.1 Å². The summed E-state index contributed by atoms with van der Waals surface area (Å²) in [6, 6.07) is 1.36. The van der Waals surface area contributed by atoms with Crippen LogP contribution in [-0.4, -0.2) is 53.1 Å². The Balaban J connectivity index is 1.62. The zero-order chi connectivity index (χ0) is 14.1. The summed E-state index contributed by atoms with van der Waals surface area (Å²) in [7, 11) is 0. The van der Waals surface area contributed by atoms with Crippen molar-refractivity contribution in [2.75, 3.05) is 13.1 Å². The number of carbonyl (C=O) groups excluding carboxylic acids is 1. The first-order valence-corrected chi connectivity index (χ1v) is 8.56. The van der Waals surface area contributed by atoms with Crippen molar-refractivity contribution in [3.05, 3.63) is 0 Å². The number of carbonyl (C=O) groups is 1. The third-order valence-electron chi connectivity index (χ3n) is 5.17. The Morgan fingerprint density at radius 3 is 2.65 bits per heavy atom. The molecule has 0 aromatic carbocycles. The molecular weight excluding hydrogens is 250 g/mol. The summed E-state index contributed by atoms with van der Waals surface area (Å²) in [4.78, 5) is 17.5. The van der Waals surface area contributed by atoms with Crippen LogP contribution in [0.25, 0.3) is 0 Å². The summed E-state index contributed by atoms with van der Waals surface area (Å²) < 4.78 is 0. The highest BCUT2D eigenvalue weighted by Gasteiger charge is 2.44. The first kappa shape index (κ1) is 14.3. The maximum absolute atomic E-state index is 12.7. The minimum absolute atomic E-state index is 0.0786. The molecule has 1 aliphatic carbocycles. The van der Waals surface area contributed by atoms with Gasteiger partial charge in [-0.3, -0.25) is 15.0 Å². The van der Waals surface area contributed by atoms with E-state index in [1.54, 1.807) is 0 Å². The number of hydrogen-bond donors (Lipinski definition) is 1. The average molecular weight is 279 g/mol. The quantitative estimate of drug-likeness (QED) is 0.807. The van der Waals surface area contributed by atoms with E-state index in [2.05, 4.69) is 29.0 Å². The molecule has 0 bridgehead atoms. The number of hydrogen-bond acceptors (Lipinski definition) is 3. The lowest BCUT2D eigenvalue weighted by atomic mass is 10.1. The van der Waals surface area contributed by atoms with Crippen molar-refractivity contribution in [3.63, 3.8) is 0 Å². The number of amides is 1. The topological polar surface area (TPSA) is 35.6 Å². The van der Waals surface area contributed by atoms with Crippen LogP contribution >= 0.6 is 0 Å². The second kappa shape index (κ2) is 6.02. The van der Waals surface area contributed by atoms with Crippen molar-refractivity contribution < 1.29 is 4.79 Å². The highest BCUT2D eigenvalue weighted by Crippen LogP contribution is 2.33. The summed E-state index contributed by atoms with van der Waals surface area (Å²) >= 11 is 0. The number of nitrogens with zero attached hydrogens (tertiary/aromatic N) is 2. The molecule has 3 rings (SSSR count). The molecule has 3 fully saturated rings. The fraction of sp³-hybridized carbons (Fsp3) is 0.938. The number of likely N-dealkylation sites (tertiary alicyclic amines) is 1. The summed E-state index contributed by atoms with van der Waals surface area (Å²) in [5.74, 6) is 0.368. The van der Waals surface area contributed by atoms with Gasteiger partial charge in [-0.25, -0.2) is 0 Å². The molecule has 0 aromatic heterocycles. The summed E-state index contributed by atoms with van der Waals surface area (Å²) in [5.41, 5.74) is 0. The standard InChI is InChI=1S/C16H29N3O/c1-3-5-6-14-16(20)19(15(4-2)17-14)13-9-10-18(11-13)12-7-8-12/h12-15,17H,3-11H2,1-2H3. The van der Waals surface area contributed by atoms with Gasteiger partial charge in [0.05, 0.1) is 12.2 Å². The molecule has 0 spiro atoms. The minimum Gasteiger partial charge on any atom is -0.321 e. The highest BCUT2D eigenvalue weighted by atomic mass is 16.2. The Labute approximate surface area is 122 Å². The lowest BCUT2D eigenvalue weighted by Crippen LogP contribution is -2.45. The molecule has 3 aliphatic rings. The molecule has 0 radical (unpaired) electrons. The van der Waals surface area contributed by atoms with Crippen LogP contribution in [0.4, 0.5) is 0 Å². The van der Waals surface area contributed by atoms with Gasteiger partial charge in [-0.05, 0) is 32.1 Å². The average Bonchev–Trinajstić information content (AvgIpc) is 3.11. The highest BCUT2D eigenvalue weighted by molar-refractivity contribution is 5.84. The molecule has 2 heterocycles. The van der Waals surface area contributed by atoms with E-state index in [1.807, 2.05) is 0 Å². The first-order chi connectivity index (χ1) is 9.74. The summed E-state index contributed by atoms with van der Waals surface area (Å²) in [6.07, 6.45) is 8.52. The molecule has 4 nitrogen and oxygen atoms in total. The third-order valence-corrected chi connectivity index (χ3v) is 5.17. The molecule has 2 saturated heterocycles. The van der Waals surface area contributed by atoms with Crippen LogP contribution in [0, 0.1) is 0 Å². The van der Waals surface area contributed by atoms with E-state index in [0.717, 1.165) is 31.8 Å². The second-order valence-corrected chi connectivity index (χ2v) is 6.70. The van der Waals surface area contributed by atoms with E-state index < -0.39 is 0 Å². The lowest BCUT2D eigenvalue weighted by molar-refractivity contribution is -0.132. The van der Waals surface area contributed by atoms with E-state index in [0.29, 0.717) is 11.9 Å². The van der Waals surface area contributed by atoms with Gasteiger partial charge in [0.15, 0.2) is 0 Å². The van der Waals surface area contributed by atoms with Crippen LogP contribution < -0.4 is 5.32 Å². The summed E-state index contributed by atoms with van der Waals surface area (Å²) in [6.45, 7) is 6.68. The van der Waals surface area contributed by atoms with Gasteiger partial charge in [-0.15, -0.1) is 0 Å². The van der Waals surface area contributed by atoms with Gasteiger partial charge >= 0.3 is 0 Å². The Morgan fingerprint density at radius 1 is 1.20 bits per heavy atom. The van der Waals surface area contributed by atoms with Crippen molar-refractivity contribution in [3.8, 4) is 0 Å². The number of rotatable bonds is 6. The predicted molar refractivity (Wildman–Crippen MR) is 80.4 cm³/mol. The molecule has 0 aromatic rings. The lowest BCUT2D eigenvalue weighted by Gasteiger charge is -2.29. The van der Waals surface area contributed by atoms with Crippen molar-refractivity contribution in [2.24, 2.45) is 0 Å². The van der Waals surface area contributed by atoms with E-state index in [9.17, 15) is 4.79 Å². The second-order valence-electron chi connectivity index (χ2n) is 6.70. The zero-order valence-corrected chi connectivity index (χ0v) is 13.0. The van der Waals surface area contributed by atoms with Crippen LogP contribution in [0.2, 0.25) is 0 Å². The van der Waals surface area contributed by atoms with E-state index in [-0.39, 0.29) is 12.2 Å². The normalized spacial score (nSPS) is 35.2. The number of nitrogens with one attached hydrogen (secondary N) is 1. The van der Waals surface area contributed by atoms with Gasteiger partial charge in [0, 0.05) is 25.2 Å². The van der Waals surface area contributed by atoms with Gasteiger partial charge < -0.3 is 4.90 Å². The van der Waals surface area contributed by atoms with E-state index in [1.165, 1.54) is 32.2 Å². The Morgan fingerprint density at radius 2 is 2.00 bits per heavy atom. The Kier molecular flexibility index (Phi) is 4.32. The van der Waals surface area contributed by atoms with E-state index >= 15 is 0 Å². The van der Waals surface area contributed by atoms with Gasteiger partial charge in [0.1, 0.15) is 0 Å². The number of unbranched alkanes of at least 4 members (excludes halogenated alkanes) is 1. The van der Waals surface area contributed by atoms with Gasteiger partial charge in [0.2, 0.25) is 5.91 Å². The molecule has 114 valence electrons. The van der Waals surface area contributed by atoms with Crippen LogP contribution in [0.15, 0.2) is 0 Å². The molecular formula is C16H29N3O. The Hall–Kier alpha value is -0.610. The summed E-state index contributed by atoms with van der Waals surface area (Å²) in [5, 5.41) is 3.57. The smallest absolute Gasteiger partial charge is 0.241 e. The maximum atomic E-state index is 12.7. The van der Waals surface area contributed by atoms with Crippen molar-refractivity contribution in [1.29, 1.82) is 0 Å². The molecule has 4 heteroatoms. The maximum Gasteiger partial charge on any atom is 0.241 e. The molecule has 1 saturated carbocycles.